The Kier molecular flexibility index (Phi) is 3.69. The molecule has 5 nitrogen and oxygen atoms in total. The van der Waals surface area contributed by atoms with Crippen LogP contribution in [0.2, 0.25) is 0 Å². The first-order valence-corrected chi connectivity index (χ1v) is 8.28. The molecule has 24 heavy (non-hydrogen) atoms. The number of rotatable bonds is 3. The Labute approximate surface area is 139 Å². The van der Waals surface area contributed by atoms with E-state index in [1.54, 1.807) is 18.3 Å². The molecule has 2 heterocycles. The van der Waals surface area contributed by atoms with Crippen molar-refractivity contribution < 1.29 is 4.39 Å². The van der Waals surface area contributed by atoms with Gasteiger partial charge in [0, 0.05) is 17.8 Å². The Bertz CT molecular complexity index is 894. The number of H-pyrrole nitrogens is 1. The average Bonchev–Trinajstić information content (AvgIpc) is 3.17. The van der Waals surface area contributed by atoms with E-state index in [9.17, 15) is 9.65 Å². The number of fused-ring (bicyclic) bond motifs is 1. The van der Waals surface area contributed by atoms with E-state index in [1.165, 1.54) is 31.4 Å². The highest BCUT2D eigenvalue weighted by Crippen LogP contribution is 2.32. The first-order chi connectivity index (χ1) is 11.8. The summed E-state index contributed by atoms with van der Waals surface area (Å²) in [5, 5.41) is 15.9. The monoisotopic (exact) mass is 323 g/mol. The van der Waals surface area contributed by atoms with E-state index < -0.39 is 0 Å². The zero-order chi connectivity index (χ0) is 16.5. The number of benzene rings is 1. The number of aromatic nitrogens is 3. The van der Waals surface area contributed by atoms with Crippen LogP contribution in [0.1, 0.15) is 37.7 Å². The molecular formula is C18H18FN5. The van der Waals surface area contributed by atoms with E-state index >= 15 is 0 Å². The lowest BCUT2D eigenvalue weighted by Crippen LogP contribution is -2.23. The molecule has 0 aliphatic heterocycles. The fourth-order valence-electron chi connectivity index (χ4n) is 3.39. The number of anilines is 1. The van der Waals surface area contributed by atoms with Gasteiger partial charge in [-0.2, -0.15) is 5.26 Å². The topological polar surface area (TPSA) is 68.9 Å². The number of imidazole rings is 1. The summed E-state index contributed by atoms with van der Waals surface area (Å²) >= 11 is 0. The van der Waals surface area contributed by atoms with Crippen molar-refractivity contribution in [2.45, 2.75) is 38.1 Å². The second-order valence-corrected chi connectivity index (χ2v) is 6.25. The lowest BCUT2D eigenvalue weighted by molar-refractivity contribution is 0.461. The zero-order valence-corrected chi connectivity index (χ0v) is 13.2. The molecule has 1 fully saturated rings. The molecule has 2 N–H and O–H groups in total. The molecule has 0 amide bonds. The SMILES string of the molecule is N#Cc1c[nH]n2c(NC3CCCCC3)c(-c3ccc(F)cc3)nc12. The maximum absolute atomic E-state index is 13.2. The first kappa shape index (κ1) is 14.8. The summed E-state index contributed by atoms with van der Waals surface area (Å²) in [6.07, 6.45) is 7.64. The second kappa shape index (κ2) is 6.00. The largest absolute Gasteiger partial charge is 0.365 e. The predicted molar refractivity (Wildman–Crippen MR) is 90.1 cm³/mol. The molecule has 1 aliphatic carbocycles. The Morgan fingerprint density at radius 1 is 1.21 bits per heavy atom. The van der Waals surface area contributed by atoms with Crippen molar-refractivity contribution in [2.75, 3.05) is 5.32 Å². The molecule has 6 heteroatoms. The van der Waals surface area contributed by atoms with Crippen molar-refractivity contribution in [3.63, 3.8) is 0 Å². The van der Waals surface area contributed by atoms with E-state index in [1.807, 2.05) is 4.52 Å². The summed E-state index contributed by atoms with van der Waals surface area (Å²) in [6, 6.07) is 8.84. The molecule has 0 radical (unpaired) electrons. The van der Waals surface area contributed by atoms with Gasteiger partial charge in [0.15, 0.2) is 11.5 Å². The fourth-order valence-corrected chi connectivity index (χ4v) is 3.39. The van der Waals surface area contributed by atoms with E-state index in [-0.39, 0.29) is 5.82 Å². The van der Waals surface area contributed by atoms with Crippen LogP contribution >= 0.6 is 0 Å². The van der Waals surface area contributed by atoms with E-state index in [2.05, 4.69) is 21.5 Å². The lowest BCUT2D eigenvalue weighted by atomic mass is 9.95. The van der Waals surface area contributed by atoms with Crippen LogP contribution in [0.5, 0.6) is 0 Å². The van der Waals surface area contributed by atoms with Crippen LogP contribution in [0.25, 0.3) is 16.9 Å². The number of aromatic amines is 1. The maximum atomic E-state index is 13.2. The minimum absolute atomic E-state index is 0.275. The van der Waals surface area contributed by atoms with Crippen LogP contribution in [0.4, 0.5) is 10.2 Å². The summed E-state index contributed by atoms with van der Waals surface area (Å²) < 4.78 is 15.1. The van der Waals surface area contributed by atoms with Gasteiger partial charge in [-0.1, -0.05) is 19.3 Å². The normalized spacial score (nSPS) is 15.5. The number of nitriles is 1. The quantitative estimate of drug-likeness (QED) is 0.763. The van der Waals surface area contributed by atoms with Crippen LogP contribution in [0.3, 0.4) is 0 Å². The van der Waals surface area contributed by atoms with Crippen molar-refractivity contribution >= 4 is 11.5 Å². The van der Waals surface area contributed by atoms with Crippen LogP contribution in [0, 0.1) is 17.1 Å². The number of hydrogen-bond acceptors (Lipinski definition) is 3. The van der Waals surface area contributed by atoms with Gasteiger partial charge in [-0.15, -0.1) is 0 Å². The third-order valence-corrected chi connectivity index (χ3v) is 4.64. The summed E-state index contributed by atoms with van der Waals surface area (Å²) in [6.45, 7) is 0. The molecule has 1 aromatic carbocycles. The number of nitrogens with zero attached hydrogens (tertiary/aromatic N) is 3. The smallest absolute Gasteiger partial charge is 0.173 e. The summed E-state index contributed by atoms with van der Waals surface area (Å²) in [5.41, 5.74) is 2.66. The molecular weight excluding hydrogens is 305 g/mol. The standard InChI is InChI=1S/C18H18FN5/c19-14-8-6-12(7-9-14)16-18(22-15-4-2-1-3-5-15)24-17(23-16)13(10-20)11-21-24/h6-9,11,15,21-22H,1-5H2. The highest BCUT2D eigenvalue weighted by atomic mass is 19.1. The molecule has 0 spiro atoms. The van der Waals surface area contributed by atoms with Gasteiger partial charge in [0.1, 0.15) is 23.1 Å². The fraction of sp³-hybridized carbons (Fsp3) is 0.333. The van der Waals surface area contributed by atoms with Gasteiger partial charge in [-0.25, -0.2) is 13.9 Å². The van der Waals surface area contributed by atoms with Crippen molar-refractivity contribution in [1.29, 1.82) is 5.26 Å². The first-order valence-electron chi connectivity index (χ1n) is 8.28. The Morgan fingerprint density at radius 2 is 1.96 bits per heavy atom. The van der Waals surface area contributed by atoms with Gasteiger partial charge in [0.05, 0.1) is 0 Å². The van der Waals surface area contributed by atoms with Gasteiger partial charge in [-0.05, 0) is 37.1 Å². The molecule has 0 bridgehead atoms. The Morgan fingerprint density at radius 3 is 2.67 bits per heavy atom. The Balaban J connectivity index is 1.81. The van der Waals surface area contributed by atoms with E-state index in [0.717, 1.165) is 29.9 Å². The maximum Gasteiger partial charge on any atom is 0.173 e. The molecule has 2 aromatic heterocycles. The molecule has 3 aromatic rings. The van der Waals surface area contributed by atoms with Crippen LogP contribution in [-0.4, -0.2) is 20.6 Å². The summed E-state index contributed by atoms with van der Waals surface area (Å²) in [5.74, 6) is 0.563. The molecule has 0 atom stereocenters. The Hall–Kier alpha value is -2.81. The molecule has 122 valence electrons. The van der Waals surface area contributed by atoms with Crippen molar-refractivity contribution in [2.24, 2.45) is 0 Å². The molecule has 0 saturated heterocycles. The van der Waals surface area contributed by atoms with Gasteiger partial charge < -0.3 is 5.32 Å². The van der Waals surface area contributed by atoms with Gasteiger partial charge in [-0.3, -0.25) is 5.10 Å². The zero-order valence-electron chi connectivity index (χ0n) is 13.2. The highest BCUT2D eigenvalue weighted by molar-refractivity contribution is 5.78. The third-order valence-electron chi connectivity index (χ3n) is 4.64. The number of nitrogens with one attached hydrogen (secondary N) is 2. The van der Waals surface area contributed by atoms with E-state index in [0.29, 0.717) is 17.3 Å². The number of halogens is 1. The van der Waals surface area contributed by atoms with Gasteiger partial charge in [0.2, 0.25) is 0 Å². The van der Waals surface area contributed by atoms with Crippen molar-refractivity contribution in [1.82, 2.24) is 14.6 Å². The van der Waals surface area contributed by atoms with Crippen LogP contribution in [-0.2, 0) is 0 Å². The van der Waals surface area contributed by atoms with E-state index in [4.69, 9.17) is 0 Å². The summed E-state index contributed by atoms with van der Waals surface area (Å²) in [7, 11) is 0. The van der Waals surface area contributed by atoms with Crippen molar-refractivity contribution in [3.05, 3.63) is 41.8 Å². The van der Waals surface area contributed by atoms with Crippen LogP contribution in [0.15, 0.2) is 30.5 Å². The van der Waals surface area contributed by atoms with Gasteiger partial charge >= 0.3 is 0 Å². The van der Waals surface area contributed by atoms with Crippen molar-refractivity contribution in [3.8, 4) is 17.3 Å². The third kappa shape index (κ3) is 2.52. The molecule has 1 saturated carbocycles. The highest BCUT2D eigenvalue weighted by Gasteiger charge is 2.21. The molecule has 4 rings (SSSR count). The average molecular weight is 323 g/mol. The minimum Gasteiger partial charge on any atom is -0.365 e. The second-order valence-electron chi connectivity index (χ2n) is 6.25. The predicted octanol–water partition coefficient (Wildman–Crippen LogP) is 4.08. The van der Waals surface area contributed by atoms with Crippen LogP contribution < -0.4 is 5.32 Å². The van der Waals surface area contributed by atoms with Gasteiger partial charge in [0.25, 0.3) is 0 Å². The summed E-state index contributed by atoms with van der Waals surface area (Å²) in [4.78, 5) is 4.63. The number of hydrogen-bond donors (Lipinski definition) is 2. The molecule has 0 unspecified atom stereocenters. The lowest BCUT2D eigenvalue weighted by Gasteiger charge is -2.23. The molecule has 1 aliphatic rings. The minimum atomic E-state index is -0.275.